The lowest BCUT2D eigenvalue weighted by Crippen LogP contribution is -2.19. The maximum absolute atomic E-state index is 13.4. The average molecular weight is 792 g/mol. The number of benzene rings is 4. The van der Waals surface area contributed by atoms with Gasteiger partial charge in [0.15, 0.2) is 5.75 Å². The molecule has 0 aliphatic rings. The van der Waals surface area contributed by atoms with Crippen molar-refractivity contribution in [3.8, 4) is 16.9 Å². The summed E-state index contributed by atoms with van der Waals surface area (Å²) in [7, 11) is 0. The zero-order chi connectivity index (χ0) is 28.4. The van der Waals surface area contributed by atoms with Crippen molar-refractivity contribution < 1.29 is 14.3 Å². The third-order valence-electron chi connectivity index (χ3n) is 6.01. The van der Waals surface area contributed by atoms with E-state index in [0.29, 0.717) is 31.9 Å². The summed E-state index contributed by atoms with van der Waals surface area (Å²) in [4.78, 5) is 29.5. The van der Waals surface area contributed by atoms with E-state index in [9.17, 15) is 9.59 Å². The first-order valence-electron chi connectivity index (χ1n) is 11.9. The van der Waals surface area contributed by atoms with Crippen LogP contribution in [0.5, 0.6) is 5.75 Å². The number of aryl methyl sites for hydroxylation is 1. The van der Waals surface area contributed by atoms with Gasteiger partial charge >= 0.3 is 5.97 Å². The van der Waals surface area contributed by atoms with Gasteiger partial charge in [0.1, 0.15) is 5.69 Å². The molecule has 2 N–H and O–H groups in total. The van der Waals surface area contributed by atoms with Crippen LogP contribution in [0.25, 0.3) is 22.0 Å². The van der Waals surface area contributed by atoms with Gasteiger partial charge in [-0.1, -0.05) is 75.6 Å². The minimum absolute atomic E-state index is 0.268. The molecule has 1 aromatic heterocycles. The molecule has 0 atom stereocenters. The lowest BCUT2D eigenvalue weighted by molar-refractivity contribution is 0.0732. The van der Waals surface area contributed by atoms with Crippen LogP contribution in [0.3, 0.4) is 0 Å². The van der Waals surface area contributed by atoms with Crippen molar-refractivity contribution >= 4 is 95.0 Å². The maximum atomic E-state index is 13.4. The normalized spacial score (nSPS) is 11.2. The number of fused-ring (bicyclic) bond motifs is 1. The monoisotopic (exact) mass is 789 g/mol. The van der Waals surface area contributed by atoms with Crippen LogP contribution in [0, 0.1) is 10.5 Å². The molecule has 6 nitrogen and oxygen atoms in total. The zero-order valence-electron chi connectivity index (χ0n) is 20.8. The number of carbonyl (C=O) groups is 2. The van der Waals surface area contributed by atoms with Crippen molar-refractivity contribution in [2.75, 3.05) is 0 Å². The number of carbonyl (C=O) groups excluding carboxylic acids is 2. The van der Waals surface area contributed by atoms with Crippen LogP contribution in [-0.2, 0) is 0 Å². The minimum Gasteiger partial charge on any atom is -0.421 e. The van der Waals surface area contributed by atoms with Gasteiger partial charge in [0.2, 0.25) is 0 Å². The Balaban J connectivity index is 1.46. The van der Waals surface area contributed by atoms with E-state index in [-0.39, 0.29) is 5.75 Å². The van der Waals surface area contributed by atoms with Crippen molar-refractivity contribution in [3.63, 3.8) is 0 Å². The Kier molecular flexibility index (Phi) is 8.74. The molecule has 0 saturated heterocycles. The molecule has 0 radical (unpaired) electrons. The van der Waals surface area contributed by atoms with Gasteiger partial charge in [-0.05, 0) is 81.8 Å². The quantitative estimate of drug-likeness (QED) is 0.0593. The summed E-state index contributed by atoms with van der Waals surface area (Å²) < 4.78 is 7.96. The molecule has 5 aromatic rings. The van der Waals surface area contributed by atoms with E-state index in [0.717, 1.165) is 30.1 Å². The van der Waals surface area contributed by atoms with Gasteiger partial charge in [-0.2, -0.15) is 5.10 Å². The Bertz CT molecular complexity index is 1820. The second-order valence-corrected chi connectivity index (χ2v) is 12.1. The number of halogens is 4. The second kappa shape index (κ2) is 12.3. The zero-order valence-corrected chi connectivity index (χ0v) is 26.9. The summed E-state index contributed by atoms with van der Waals surface area (Å²) in [6, 6.07) is 23.8. The first-order valence-corrected chi connectivity index (χ1v) is 14.9. The summed E-state index contributed by atoms with van der Waals surface area (Å²) in [6.07, 6.45) is 1.42. The van der Waals surface area contributed by atoms with Crippen LogP contribution in [0.4, 0.5) is 0 Å². The molecule has 0 bridgehead atoms. The number of esters is 1. The number of para-hydroxylation sites is 1. The minimum atomic E-state index is -0.512. The fourth-order valence-corrected chi connectivity index (χ4v) is 6.42. The second-order valence-electron chi connectivity index (χ2n) is 8.78. The Labute approximate surface area is 265 Å². The van der Waals surface area contributed by atoms with Crippen LogP contribution >= 0.6 is 66.1 Å². The van der Waals surface area contributed by atoms with E-state index in [1.807, 2.05) is 49.4 Å². The van der Waals surface area contributed by atoms with E-state index in [1.165, 1.54) is 6.21 Å². The fraction of sp³-hybridized carbons (Fsp3) is 0.0333. The van der Waals surface area contributed by atoms with Crippen molar-refractivity contribution in [1.29, 1.82) is 0 Å². The van der Waals surface area contributed by atoms with Crippen LogP contribution in [0.1, 0.15) is 32.0 Å². The van der Waals surface area contributed by atoms with Crippen LogP contribution < -0.4 is 10.2 Å². The van der Waals surface area contributed by atoms with Crippen molar-refractivity contribution in [3.05, 3.63) is 119 Å². The molecule has 10 heteroatoms. The molecule has 40 heavy (non-hydrogen) atoms. The summed E-state index contributed by atoms with van der Waals surface area (Å²) in [5.41, 5.74) is 7.00. The molecule has 0 saturated carbocycles. The van der Waals surface area contributed by atoms with Crippen molar-refractivity contribution in [2.45, 2.75) is 6.92 Å². The van der Waals surface area contributed by atoms with E-state index in [4.69, 9.17) is 16.3 Å². The number of hydrogen-bond donors (Lipinski definition) is 2. The predicted molar refractivity (Wildman–Crippen MR) is 175 cm³/mol. The maximum Gasteiger partial charge on any atom is 0.343 e. The van der Waals surface area contributed by atoms with Crippen molar-refractivity contribution in [2.24, 2.45) is 5.10 Å². The molecule has 0 aliphatic carbocycles. The summed E-state index contributed by atoms with van der Waals surface area (Å²) in [5.74, 6) is -0.697. The highest BCUT2D eigenvalue weighted by atomic mass is 127. The number of aromatic nitrogens is 1. The van der Waals surface area contributed by atoms with Gasteiger partial charge in [0.05, 0.1) is 21.8 Å². The van der Waals surface area contributed by atoms with E-state index < -0.39 is 11.9 Å². The molecular formula is C30H19Br2ClIN3O3. The summed E-state index contributed by atoms with van der Waals surface area (Å²) in [5, 5.41) is 5.59. The molecule has 1 amide bonds. The first-order chi connectivity index (χ1) is 19.2. The molecular weight excluding hydrogens is 773 g/mol. The molecule has 0 unspecified atom stereocenters. The number of H-pyrrole nitrogens is 1. The Morgan fingerprint density at radius 1 is 1.02 bits per heavy atom. The van der Waals surface area contributed by atoms with E-state index in [2.05, 4.69) is 70.0 Å². The topological polar surface area (TPSA) is 83.5 Å². The number of aromatic amines is 1. The van der Waals surface area contributed by atoms with Crippen molar-refractivity contribution in [1.82, 2.24) is 10.4 Å². The van der Waals surface area contributed by atoms with Crippen LogP contribution in [0.2, 0.25) is 5.02 Å². The largest absolute Gasteiger partial charge is 0.421 e. The summed E-state index contributed by atoms with van der Waals surface area (Å²) in [6.45, 7) is 1.90. The number of ether oxygens (including phenoxy) is 1. The number of hydrazone groups is 1. The Morgan fingerprint density at radius 3 is 2.58 bits per heavy atom. The Hall–Kier alpha value is -2.99. The number of rotatable bonds is 6. The molecule has 4 aromatic carbocycles. The number of nitrogens with one attached hydrogen (secondary N) is 2. The van der Waals surface area contributed by atoms with Gasteiger partial charge < -0.3 is 9.72 Å². The molecule has 0 spiro atoms. The van der Waals surface area contributed by atoms with Gasteiger partial charge in [-0.25, -0.2) is 10.2 Å². The van der Waals surface area contributed by atoms with Gasteiger partial charge in [-0.15, -0.1) is 0 Å². The lowest BCUT2D eigenvalue weighted by atomic mass is 10.0. The average Bonchev–Trinajstić information content (AvgIpc) is 3.31. The van der Waals surface area contributed by atoms with Gasteiger partial charge in [0.25, 0.3) is 5.91 Å². The lowest BCUT2D eigenvalue weighted by Gasteiger charge is -2.11. The van der Waals surface area contributed by atoms with Crippen LogP contribution in [-0.4, -0.2) is 23.1 Å². The number of nitrogens with zero attached hydrogens (tertiary/aromatic N) is 1. The molecule has 0 aliphatic heterocycles. The SMILES string of the molecule is Cc1cccc(C(=O)Oc2c(Br)cc(Br)cc2C=NNC(=O)c2[nH]c3c(I)cccc3c2-c2ccccc2Cl)c1. The third-order valence-corrected chi connectivity index (χ3v) is 8.28. The smallest absolute Gasteiger partial charge is 0.343 e. The number of hydrogen-bond acceptors (Lipinski definition) is 4. The molecule has 0 fully saturated rings. The van der Waals surface area contributed by atoms with Crippen LogP contribution in [0.15, 0.2) is 92.9 Å². The van der Waals surface area contributed by atoms with E-state index in [1.54, 1.807) is 36.4 Å². The highest BCUT2D eigenvalue weighted by molar-refractivity contribution is 14.1. The third kappa shape index (κ3) is 6.02. The molecule has 5 rings (SSSR count). The number of amides is 1. The Morgan fingerprint density at radius 2 is 1.80 bits per heavy atom. The highest BCUT2D eigenvalue weighted by Crippen LogP contribution is 2.38. The molecule has 1 heterocycles. The van der Waals surface area contributed by atoms with Gasteiger partial charge in [-0.3, -0.25) is 4.79 Å². The first kappa shape index (κ1) is 28.5. The summed E-state index contributed by atoms with van der Waals surface area (Å²) >= 11 is 15.7. The molecule has 200 valence electrons. The standard InChI is InChI=1S/C30H19Br2ClIN3O3/c1-16-6-4-7-17(12-16)30(39)40-28-18(13-19(31)14-22(28)32)15-35-37-29(38)27-25(20-8-2-3-10-23(20)33)21-9-5-11-24(34)26(21)36-27/h2-15,36H,1H3,(H,37,38). The predicted octanol–water partition coefficient (Wildman–Crippen LogP) is 8.91. The highest BCUT2D eigenvalue weighted by Gasteiger charge is 2.22. The van der Waals surface area contributed by atoms with Gasteiger partial charge in [0, 0.05) is 35.1 Å². The fourth-order valence-electron chi connectivity index (χ4n) is 4.22. The van der Waals surface area contributed by atoms with E-state index >= 15 is 0 Å².